The molecule has 10 heteroatoms. The van der Waals surface area contributed by atoms with Crippen LogP contribution in [0.1, 0.15) is 65.0 Å². The first-order valence-corrected chi connectivity index (χ1v) is 17.7. The average molecular weight is 699 g/mol. The maximum Gasteiger partial charge on any atom is 0.408 e. The van der Waals surface area contributed by atoms with Crippen LogP contribution in [0.4, 0.5) is 4.79 Å². The number of likely N-dealkylation sites (N-methyl/N-ethyl adjacent to an activating group) is 2. The SMILES string of the molecule is CN(C(=O)/C=C/CC(C)(C)NC(=O)OC(C)(C)C)C(Cc1cccc2ccccc12)C(=O)N(C)C(Cc1ccccc1)C(=O)NCC1CCCO1. The van der Waals surface area contributed by atoms with Crippen molar-refractivity contribution in [1.82, 2.24) is 20.4 Å². The van der Waals surface area contributed by atoms with Gasteiger partial charge in [-0.15, -0.1) is 0 Å². The molecule has 0 saturated carbocycles. The molecule has 4 rings (SSSR count). The Balaban J connectivity index is 1.59. The number of nitrogens with zero attached hydrogens (tertiary/aromatic N) is 2. The van der Waals surface area contributed by atoms with Crippen LogP contribution in [0.25, 0.3) is 10.8 Å². The summed E-state index contributed by atoms with van der Waals surface area (Å²) in [5.41, 5.74) is 0.486. The van der Waals surface area contributed by atoms with Crippen molar-refractivity contribution in [2.24, 2.45) is 0 Å². The van der Waals surface area contributed by atoms with Crippen molar-refractivity contribution in [3.8, 4) is 0 Å². The van der Waals surface area contributed by atoms with E-state index in [2.05, 4.69) is 10.6 Å². The predicted molar refractivity (Wildman–Crippen MR) is 200 cm³/mol. The van der Waals surface area contributed by atoms with Gasteiger partial charge in [-0.25, -0.2) is 4.79 Å². The molecule has 10 nitrogen and oxygen atoms in total. The number of rotatable bonds is 14. The van der Waals surface area contributed by atoms with Gasteiger partial charge in [0.15, 0.2) is 0 Å². The molecule has 0 aliphatic carbocycles. The lowest BCUT2D eigenvalue weighted by Crippen LogP contribution is -2.56. The Morgan fingerprint density at radius 1 is 0.882 bits per heavy atom. The van der Waals surface area contributed by atoms with Crippen molar-refractivity contribution in [3.05, 3.63) is 96.1 Å². The highest BCUT2D eigenvalue weighted by molar-refractivity contribution is 5.95. The summed E-state index contributed by atoms with van der Waals surface area (Å²) in [6, 6.07) is 21.7. The van der Waals surface area contributed by atoms with Crippen LogP contribution in [-0.2, 0) is 36.7 Å². The Labute approximate surface area is 302 Å². The van der Waals surface area contributed by atoms with E-state index in [1.54, 1.807) is 40.9 Å². The van der Waals surface area contributed by atoms with E-state index in [1.807, 2.05) is 86.6 Å². The van der Waals surface area contributed by atoms with Crippen molar-refractivity contribution in [3.63, 3.8) is 0 Å². The molecule has 274 valence electrons. The van der Waals surface area contributed by atoms with Gasteiger partial charge in [-0.3, -0.25) is 14.4 Å². The molecule has 1 aliphatic heterocycles. The molecule has 0 bridgehead atoms. The first-order chi connectivity index (χ1) is 24.1. The zero-order valence-corrected chi connectivity index (χ0v) is 31.1. The van der Waals surface area contributed by atoms with Gasteiger partial charge in [0.05, 0.1) is 6.10 Å². The number of alkyl carbamates (subject to hydrolysis) is 1. The van der Waals surface area contributed by atoms with E-state index in [0.29, 0.717) is 26.0 Å². The van der Waals surface area contributed by atoms with Gasteiger partial charge in [0.2, 0.25) is 17.7 Å². The maximum absolute atomic E-state index is 14.6. The van der Waals surface area contributed by atoms with Crippen LogP contribution in [0.3, 0.4) is 0 Å². The Kier molecular flexibility index (Phi) is 13.4. The third-order valence-electron chi connectivity index (χ3n) is 9.04. The number of carbonyl (C=O) groups excluding carboxylic acids is 4. The zero-order chi connectivity index (χ0) is 37.2. The van der Waals surface area contributed by atoms with E-state index in [0.717, 1.165) is 34.7 Å². The number of benzene rings is 3. The Morgan fingerprint density at radius 2 is 1.57 bits per heavy atom. The van der Waals surface area contributed by atoms with Crippen molar-refractivity contribution in [2.75, 3.05) is 27.2 Å². The fraction of sp³-hybridized carbons (Fsp3) is 0.463. The molecule has 3 atom stereocenters. The summed E-state index contributed by atoms with van der Waals surface area (Å²) in [7, 11) is 3.25. The van der Waals surface area contributed by atoms with Crippen molar-refractivity contribution < 1.29 is 28.7 Å². The quantitative estimate of drug-likeness (QED) is 0.205. The molecule has 0 spiro atoms. The summed E-state index contributed by atoms with van der Waals surface area (Å²) in [5, 5.41) is 7.89. The van der Waals surface area contributed by atoms with Crippen LogP contribution in [-0.4, -0.2) is 90.2 Å². The third kappa shape index (κ3) is 11.7. The Bertz CT molecular complexity index is 1670. The topological polar surface area (TPSA) is 117 Å². The van der Waals surface area contributed by atoms with E-state index in [1.165, 1.54) is 15.9 Å². The molecule has 0 radical (unpaired) electrons. The average Bonchev–Trinajstić information content (AvgIpc) is 3.61. The fourth-order valence-corrected chi connectivity index (χ4v) is 6.19. The molecular formula is C41H54N4O6. The maximum atomic E-state index is 14.6. The van der Waals surface area contributed by atoms with Crippen molar-refractivity contribution >= 4 is 34.6 Å². The highest BCUT2D eigenvalue weighted by Gasteiger charge is 2.35. The summed E-state index contributed by atoms with van der Waals surface area (Å²) < 4.78 is 11.1. The number of carbonyl (C=O) groups is 4. The molecule has 1 heterocycles. The van der Waals surface area contributed by atoms with Gasteiger partial charge in [0, 0.05) is 45.6 Å². The number of fused-ring (bicyclic) bond motifs is 1. The summed E-state index contributed by atoms with van der Waals surface area (Å²) in [4.78, 5) is 57.5. The molecule has 2 N–H and O–H groups in total. The lowest BCUT2D eigenvalue weighted by atomic mass is 9.96. The summed E-state index contributed by atoms with van der Waals surface area (Å²) in [6.07, 6.45) is 5.24. The fourth-order valence-electron chi connectivity index (χ4n) is 6.19. The van der Waals surface area contributed by atoms with E-state index in [9.17, 15) is 19.2 Å². The van der Waals surface area contributed by atoms with Gasteiger partial charge in [0.25, 0.3) is 0 Å². The normalized spacial score (nSPS) is 16.0. The summed E-state index contributed by atoms with van der Waals surface area (Å²) in [5.74, 6) is -1.01. The van der Waals surface area contributed by atoms with Crippen LogP contribution in [0.5, 0.6) is 0 Å². The Morgan fingerprint density at radius 3 is 2.25 bits per heavy atom. The van der Waals surface area contributed by atoms with E-state index >= 15 is 0 Å². The molecule has 1 aliphatic rings. The van der Waals surface area contributed by atoms with E-state index in [4.69, 9.17) is 9.47 Å². The predicted octanol–water partition coefficient (Wildman–Crippen LogP) is 5.82. The lowest BCUT2D eigenvalue weighted by Gasteiger charge is -2.34. The van der Waals surface area contributed by atoms with Crippen molar-refractivity contribution in [2.45, 2.75) is 96.1 Å². The zero-order valence-electron chi connectivity index (χ0n) is 31.1. The third-order valence-corrected chi connectivity index (χ3v) is 9.04. The van der Waals surface area contributed by atoms with Crippen molar-refractivity contribution in [1.29, 1.82) is 0 Å². The minimum atomic E-state index is -0.921. The van der Waals surface area contributed by atoms with Gasteiger partial charge in [0.1, 0.15) is 17.7 Å². The van der Waals surface area contributed by atoms with Gasteiger partial charge in [-0.1, -0.05) is 78.9 Å². The molecule has 0 aromatic heterocycles. The van der Waals surface area contributed by atoms with E-state index in [-0.39, 0.29) is 30.2 Å². The number of ether oxygens (including phenoxy) is 2. The number of nitrogens with one attached hydrogen (secondary N) is 2. The number of hydrogen-bond acceptors (Lipinski definition) is 6. The van der Waals surface area contributed by atoms with Crippen LogP contribution < -0.4 is 10.6 Å². The summed E-state index contributed by atoms with van der Waals surface area (Å²) >= 11 is 0. The molecule has 51 heavy (non-hydrogen) atoms. The van der Waals surface area contributed by atoms with Gasteiger partial charge in [-0.05, 0) is 81.9 Å². The monoisotopic (exact) mass is 698 g/mol. The molecule has 3 unspecified atom stereocenters. The van der Waals surface area contributed by atoms with Crippen LogP contribution in [0.15, 0.2) is 84.9 Å². The first kappa shape index (κ1) is 39.1. The van der Waals surface area contributed by atoms with Crippen LogP contribution in [0, 0.1) is 0 Å². The highest BCUT2D eigenvalue weighted by atomic mass is 16.6. The van der Waals surface area contributed by atoms with Crippen LogP contribution in [0.2, 0.25) is 0 Å². The second-order valence-corrected chi connectivity index (χ2v) is 15.0. The number of hydrogen-bond donors (Lipinski definition) is 2. The molecule has 1 fully saturated rings. The first-order valence-electron chi connectivity index (χ1n) is 17.7. The second-order valence-electron chi connectivity index (χ2n) is 15.0. The molecular weight excluding hydrogens is 644 g/mol. The second kappa shape index (κ2) is 17.5. The lowest BCUT2D eigenvalue weighted by molar-refractivity contribution is -0.146. The molecule has 3 aromatic carbocycles. The minimum Gasteiger partial charge on any atom is -0.444 e. The minimum absolute atomic E-state index is 0.0497. The molecule has 1 saturated heterocycles. The molecule has 4 amide bonds. The smallest absolute Gasteiger partial charge is 0.408 e. The van der Waals surface area contributed by atoms with Gasteiger partial charge >= 0.3 is 6.09 Å². The standard InChI is InChI=1S/C41H54N4O6/c1-40(2,3)51-39(49)43-41(4,5)24-14-23-36(46)44(6)35(27-31-20-13-19-30-18-11-12-22-33(30)31)38(48)45(7)34(26-29-16-9-8-10-17-29)37(47)42-28-32-21-15-25-50-32/h8-14,16-20,22-23,32,34-35H,15,21,24-28H2,1-7H3,(H,42,47)(H,43,49)/b23-14+. The summed E-state index contributed by atoms with van der Waals surface area (Å²) in [6.45, 7) is 10.1. The number of amides is 4. The van der Waals surface area contributed by atoms with Crippen LogP contribution >= 0.6 is 0 Å². The van der Waals surface area contributed by atoms with Gasteiger partial charge in [-0.2, -0.15) is 0 Å². The van der Waals surface area contributed by atoms with Gasteiger partial charge < -0.3 is 29.9 Å². The largest absolute Gasteiger partial charge is 0.444 e. The van der Waals surface area contributed by atoms with E-state index < -0.39 is 29.3 Å². The molecule has 3 aromatic rings. The highest BCUT2D eigenvalue weighted by Crippen LogP contribution is 2.23. The Hall–Kier alpha value is -4.70.